The van der Waals surface area contributed by atoms with E-state index in [9.17, 15) is 4.79 Å². The standard InChI is InChI=1S/C12H17N3O.2ClH/c13-10-5-3-4-9(8-10)12(16)15-11-6-1-2-7-14-11;;/h1-2,6-7,9-10H,3-5,8,13H2,(H,14,15,16);2*1H. The quantitative estimate of drug-likeness (QED) is 0.879. The molecular formula is C12H19Cl2N3O. The highest BCUT2D eigenvalue weighted by Crippen LogP contribution is 2.24. The third-order valence-electron chi connectivity index (χ3n) is 3.00. The first-order valence-electron chi connectivity index (χ1n) is 5.73. The Labute approximate surface area is 120 Å². The Kier molecular flexibility index (Phi) is 7.91. The predicted octanol–water partition coefficient (Wildman–Crippen LogP) is 2.38. The van der Waals surface area contributed by atoms with Gasteiger partial charge < -0.3 is 11.1 Å². The Morgan fingerprint density at radius 1 is 1.33 bits per heavy atom. The first kappa shape index (κ1) is 17.2. The minimum Gasteiger partial charge on any atom is -0.328 e. The third-order valence-corrected chi connectivity index (χ3v) is 3.00. The van der Waals surface area contributed by atoms with Crippen LogP contribution in [0.2, 0.25) is 0 Å². The zero-order chi connectivity index (χ0) is 11.4. The second-order valence-corrected chi connectivity index (χ2v) is 4.33. The fourth-order valence-electron chi connectivity index (χ4n) is 2.13. The number of hydrogen-bond donors (Lipinski definition) is 2. The summed E-state index contributed by atoms with van der Waals surface area (Å²) in [6.07, 6.45) is 5.47. The predicted molar refractivity (Wildman–Crippen MR) is 77.3 cm³/mol. The number of pyridine rings is 1. The lowest BCUT2D eigenvalue weighted by molar-refractivity contribution is -0.120. The van der Waals surface area contributed by atoms with E-state index in [0.717, 1.165) is 25.7 Å². The number of amides is 1. The fraction of sp³-hybridized carbons (Fsp3) is 0.500. The lowest BCUT2D eigenvalue weighted by Gasteiger charge is -2.25. The van der Waals surface area contributed by atoms with Gasteiger partial charge in [-0.3, -0.25) is 4.79 Å². The maximum absolute atomic E-state index is 11.9. The van der Waals surface area contributed by atoms with Crippen LogP contribution in [0, 0.1) is 5.92 Å². The fourth-order valence-corrected chi connectivity index (χ4v) is 2.13. The van der Waals surface area contributed by atoms with Gasteiger partial charge in [0.05, 0.1) is 0 Å². The van der Waals surface area contributed by atoms with E-state index in [4.69, 9.17) is 5.73 Å². The number of nitrogens with zero attached hydrogens (tertiary/aromatic N) is 1. The van der Waals surface area contributed by atoms with Crippen LogP contribution in [0.5, 0.6) is 0 Å². The Morgan fingerprint density at radius 3 is 2.72 bits per heavy atom. The maximum atomic E-state index is 11.9. The van der Waals surface area contributed by atoms with Crippen molar-refractivity contribution in [3.8, 4) is 0 Å². The number of carbonyl (C=O) groups excluding carboxylic acids is 1. The van der Waals surface area contributed by atoms with Crippen molar-refractivity contribution in [1.29, 1.82) is 0 Å². The number of carbonyl (C=O) groups is 1. The SMILES string of the molecule is Cl.Cl.NC1CCCC(C(=O)Nc2ccccn2)C1. The number of rotatable bonds is 2. The van der Waals surface area contributed by atoms with E-state index in [1.807, 2.05) is 12.1 Å². The van der Waals surface area contributed by atoms with Crippen LogP contribution in [0.4, 0.5) is 5.82 Å². The smallest absolute Gasteiger partial charge is 0.228 e. The van der Waals surface area contributed by atoms with E-state index in [0.29, 0.717) is 5.82 Å². The zero-order valence-electron chi connectivity index (χ0n) is 10.0. The van der Waals surface area contributed by atoms with Crippen LogP contribution >= 0.6 is 24.8 Å². The van der Waals surface area contributed by atoms with Gasteiger partial charge in [-0.25, -0.2) is 4.98 Å². The molecule has 0 radical (unpaired) electrons. The molecule has 0 saturated heterocycles. The Morgan fingerprint density at radius 2 is 2.11 bits per heavy atom. The summed E-state index contributed by atoms with van der Waals surface area (Å²) < 4.78 is 0. The summed E-state index contributed by atoms with van der Waals surface area (Å²) in [7, 11) is 0. The van der Waals surface area contributed by atoms with Gasteiger partial charge in [-0.15, -0.1) is 24.8 Å². The van der Waals surface area contributed by atoms with Crippen LogP contribution in [-0.4, -0.2) is 16.9 Å². The van der Waals surface area contributed by atoms with Crippen molar-refractivity contribution in [2.24, 2.45) is 11.7 Å². The molecule has 102 valence electrons. The summed E-state index contributed by atoms with van der Waals surface area (Å²) >= 11 is 0. The van der Waals surface area contributed by atoms with Crippen molar-refractivity contribution in [3.63, 3.8) is 0 Å². The first-order chi connectivity index (χ1) is 7.75. The first-order valence-corrected chi connectivity index (χ1v) is 5.73. The van der Waals surface area contributed by atoms with Crippen LogP contribution in [0.15, 0.2) is 24.4 Å². The van der Waals surface area contributed by atoms with Gasteiger partial charge >= 0.3 is 0 Å². The topological polar surface area (TPSA) is 68.0 Å². The van der Waals surface area contributed by atoms with E-state index in [2.05, 4.69) is 10.3 Å². The molecule has 1 amide bonds. The van der Waals surface area contributed by atoms with Crippen molar-refractivity contribution in [2.75, 3.05) is 5.32 Å². The highest BCUT2D eigenvalue weighted by molar-refractivity contribution is 5.91. The van der Waals surface area contributed by atoms with Crippen LogP contribution in [0.1, 0.15) is 25.7 Å². The van der Waals surface area contributed by atoms with Gasteiger partial charge in [0.1, 0.15) is 5.82 Å². The number of halogens is 2. The van der Waals surface area contributed by atoms with Gasteiger partial charge in [-0.2, -0.15) is 0 Å². The molecule has 1 aromatic heterocycles. The molecule has 1 aliphatic rings. The summed E-state index contributed by atoms with van der Waals surface area (Å²) in [6, 6.07) is 5.65. The van der Waals surface area contributed by atoms with Crippen LogP contribution in [-0.2, 0) is 4.79 Å². The number of nitrogens with one attached hydrogen (secondary N) is 1. The molecule has 1 aromatic rings. The lowest BCUT2D eigenvalue weighted by atomic mass is 9.85. The van der Waals surface area contributed by atoms with Crippen molar-refractivity contribution < 1.29 is 4.79 Å². The van der Waals surface area contributed by atoms with E-state index in [-0.39, 0.29) is 42.7 Å². The molecule has 0 aliphatic heterocycles. The number of hydrogen-bond acceptors (Lipinski definition) is 3. The van der Waals surface area contributed by atoms with Gasteiger partial charge in [0.2, 0.25) is 5.91 Å². The second kappa shape index (κ2) is 8.29. The van der Waals surface area contributed by atoms with Gasteiger partial charge in [0, 0.05) is 18.2 Å². The zero-order valence-corrected chi connectivity index (χ0v) is 11.7. The average Bonchev–Trinajstić information content (AvgIpc) is 2.30. The van der Waals surface area contributed by atoms with Crippen LogP contribution < -0.4 is 11.1 Å². The normalized spacial score (nSPS) is 22.3. The van der Waals surface area contributed by atoms with Crippen molar-refractivity contribution in [2.45, 2.75) is 31.7 Å². The summed E-state index contributed by atoms with van der Waals surface area (Å²) in [5, 5.41) is 2.83. The molecule has 2 rings (SSSR count). The molecule has 1 aliphatic carbocycles. The molecule has 4 nitrogen and oxygen atoms in total. The number of nitrogens with two attached hydrogens (primary N) is 1. The monoisotopic (exact) mass is 291 g/mol. The molecule has 0 spiro atoms. The van der Waals surface area contributed by atoms with Crippen LogP contribution in [0.3, 0.4) is 0 Å². The summed E-state index contributed by atoms with van der Waals surface area (Å²) in [5.41, 5.74) is 5.86. The van der Waals surface area contributed by atoms with Crippen molar-refractivity contribution in [3.05, 3.63) is 24.4 Å². The molecular weight excluding hydrogens is 273 g/mol. The number of aromatic nitrogens is 1. The van der Waals surface area contributed by atoms with Gasteiger partial charge in [0.15, 0.2) is 0 Å². The molecule has 3 N–H and O–H groups in total. The average molecular weight is 292 g/mol. The third kappa shape index (κ3) is 4.80. The molecule has 2 atom stereocenters. The van der Waals surface area contributed by atoms with Gasteiger partial charge in [-0.1, -0.05) is 12.5 Å². The van der Waals surface area contributed by atoms with E-state index in [1.54, 1.807) is 12.3 Å². The van der Waals surface area contributed by atoms with Gasteiger partial charge in [0.25, 0.3) is 0 Å². The van der Waals surface area contributed by atoms with Gasteiger partial charge in [-0.05, 0) is 31.4 Å². The molecule has 0 aromatic carbocycles. The van der Waals surface area contributed by atoms with Crippen LogP contribution in [0.25, 0.3) is 0 Å². The molecule has 0 bridgehead atoms. The minimum atomic E-state index is 0. The molecule has 1 heterocycles. The summed E-state index contributed by atoms with van der Waals surface area (Å²) in [5.74, 6) is 0.714. The maximum Gasteiger partial charge on any atom is 0.228 e. The molecule has 18 heavy (non-hydrogen) atoms. The largest absolute Gasteiger partial charge is 0.328 e. The highest BCUT2D eigenvalue weighted by atomic mass is 35.5. The lowest BCUT2D eigenvalue weighted by Crippen LogP contribution is -2.34. The Balaban J connectivity index is 0.00000144. The summed E-state index contributed by atoms with van der Waals surface area (Å²) in [4.78, 5) is 16.0. The molecule has 1 fully saturated rings. The Bertz CT molecular complexity index is 362. The van der Waals surface area contributed by atoms with E-state index in [1.165, 1.54) is 0 Å². The van der Waals surface area contributed by atoms with E-state index >= 15 is 0 Å². The molecule has 2 unspecified atom stereocenters. The van der Waals surface area contributed by atoms with Crippen molar-refractivity contribution in [1.82, 2.24) is 4.98 Å². The van der Waals surface area contributed by atoms with Crippen molar-refractivity contribution >= 4 is 36.5 Å². The Hall–Kier alpha value is -0.840. The molecule has 1 saturated carbocycles. The number of anilines is 1. The minimum absolute atomic E-state index is 0. The van der Waals surface area contributed by atoms with E-state index < -0.39 is 0 Å². The summed E-state index contributed by atoms with van der Waals surface area (Å²) in [6.45, 7) is 0. The highest BCUT2D eigenvalue weighted by Gasteiger charge is 2.25. The molecule has 6 heteroatoms. The second-order valence-electron chi connectivity index (χ2n) is 4.33.